The van der Waals surface area contributed by atoms with Crippen LogP contribution in [0.15, 0.2) is 42.5 Å². The van der Waals surface area contributed by atoms with Crippen LogP contribution < -0.4 is 4.74 Å². The SMILES string of the molecule is CCC[C@H]1CC[C@H](CCc2ccc3c(F)c(-c4cc(F)c(OC(F)F)c(F)c4)ccc3c2)CC1. The lowest BCUT2D eigenvalue weighted by Crippen LogP contribution is -2.15. The molecular weight excluding hydrogens is 447 g/mol. The molecule has 0 unspecified atom stereocenters. The largest absolute Gasteiger partial charge is 0.429 e. The van der Waals surface area contributed by atoms with Crippen LogP contribution in [0, 0.1) is 29.3 Å². The molecule has 1 nitrogen and oxygen atoms in total. The summed E-state index contributed by atoms with van der Waals surface area (Å²) in [4.78, 5) is 0. The van der Waals surface area contributed by atoms with Gasteiger partial charge in [0, 0.05) is 10.9 Å². The highest BCUT2D eigenvalue weighted by Crippen LogP contribution is 2.36. The van der Waals surface area contributed by atoms with Gasteiger partial charge in [-0.25, -0.2) is 13.2 Å². The molecule has 0 aromatic heterocycles. The second kappa shape index (κ2) is 10.7. The van der Waals surface area contributed by atoms with Crippen LogP contribution in [-0.2, 0) is 6.42 Å². The first-order valence-corrected chi connectivity index (χ1v) is 12.0. The Labute approximate surface area is 196 Å². The standard InChI is InChI=1S/C28H29F5O/c1-2-3-17-4-6-18(7-5-17)8-9-19-10-12-22-20(14-19)11-13-23(26(22)31)21-15-24(29)27(25(30)16-21)34-28(32)33/h10-18,28H,2-9H2,1H3/t17-,18-. The van der Waals surface area contributed by atoms with E-state index in [-0.39, 0.29) is 11.1 Å². The zero-order chi connectivity index (χ0) is 24.2. The molecule has 3 aromatic carbocycles. The summed E-state index contributed by atoms with van der Waals surface area (Å²) in [5.74, 6) is -2.79. The van der Waals surface area contributed by atoms with E-state index in [9.17, 15) is 17.6 Å². The molecule has 6 heteroatoms. The first-order chi connectivity index (χ1) is 16.4. The van der Waals surface area contributed by atoms with Crippen LogP contribution in [-0.4, -0.2) is 6.61 Å². The highest BCUT2D eigenvalue weighted by molar-refractivity contribution is 5.88. The van der Waals surface area contributed by atoms with Crippen molar-refractivity contribution in [2.24, 2.45) is 11.8 Å². The molecule has 34 heavy (non-hydrogen) atoms. The molecule has 182 valence electrons. The van der Waals surface area contributed by atoms with Gasteiger partial charge < -0.3 is 4.74 Å². The smallest absolute Gasteiger partial charge is 0.387 e. The summed E-state index contributed by atoms with van der Waals surface area (Å²) >= 11 is 0. The minimum atomic E-state index is -3.36. The van der Waals surface area contributed by atoms with Crippen molar-refractivity contribution in [1.82, 2.24) is 0 Å². The van der Waals surface area contributed by atoms with Crippen molar-refractivity contribution >= 4 is 10.8 Å². The second-order valence-electron chi connectivity index (χ2n) is 9.34. The molecule has 0 aliphatic heterocycles. The Hall–Kier alpha value is -2.63. The molecule has 0 bridgehead atoms. The Morgan fingerprint density at radius 1 is 0.853 bits per heavy atom. The second-order valence-corrected chi connectivity index (χ2v) is 9.34. The van der Waals surface area contributed by atoms with Crippen LogP contribution in [0.1, 0.15) is 57.4 Å². The van der Waals surface area contributed by atoms with Gasteiger partial charge in [0.1, 0.15) is 5.82 Å². The first kappa shape index (κ1) is 24.5. The van der Waals surface area contributed by atoms with Crippen LogP contribution >= 0.6 is 0 Å². The van der Waals surface area contributed by atoms with Crippen molar-refractivity contribution in [2.75, 3.05) is 0 Å². The summed E-state index contributed by atoms with van der Waals surface area (Å²) < 4.78 is 72.1. The molecule has 0 spiro atoms. The van der Waals surface area contributed by atoms with Gasteiger partial charge in [0.2, 0.25) is 0 Å². The maximum Gasteiger partial charge on any atom is 0.387 e. The van der Waals surface area contributed by atoms with E-state index in [1.807, 2.05) is 12.1 Å². The van der Waals surface area contributed by atoms with Gasteiger partial charge in [-0.15, -0.1) is 0 Å². The van der Waals surface area contributed by atoms with Gasteiger partial charge in [0.15, 0.2) is 17.4 Å². The molecule has 0 heterocycles. The number of rotatable bonds is 8. The zero-order valence-electron chi connectivity index (χ0n) is 19.2. The number of aryl methyl sites for hydroxylation is 1. The van der Waals surface area contributed by atoms with Crippen LogP contribution in [0.3, 0.4) is 0 Å². The lowest BCUT2D eigenvalue weighted by atomic mass is 9.78. The average molecular weight is 477 g/mol. The fourth-order valence-corrected chi connectivity index (χ4v) is 5.22. The summed E-state index contributed by atoms with van der Waals surface area (Å²) in [6, 6.07) is 10.3. The number of hydrogen-bond acceptors (Lipinski definition) is 1. The third-order valence-electron chi connectivity index (χ3n) is 7.04. The minimum Gasteiger partial charge on any atom is -0.429 e. The van der Waals surface area contributed by atoms with Gasteiger partial charge in [0.05, 0.1) is 0 Å². The molecule has 1 aliphatic rings. The van der Waals surface area contributed by atoms with E-state index in [0.717, 1.165) is 42.4 Å². The van der Waals surface area contributed by atoms with Crippen molar-refractivity contribution in [3.8, 4) is 16.9 Å². The Morgan fingerprint density at radius 3 is 2.12 bits per heavy atom. The molecule has 4 rings (SSSR count). The van der Waals surface area contributed by atoms with E-state index >= 15 is 4.39 Å². The zero-order valence-corrected chi connectivity index (χ0v) is 19.2. The Kier molecular flexibility index (Phi) is 7.74. The molecule has 0 radical (unpaired) electrons. The molecule has 1 saturated carbocycles. The van der Waals surface area contributed by atoms with Crippen LogP contribution in [0.25, 0.3) is 21.9 Å². The fourth-order valence-electron chi connectivity index (χ4n) is 5.22. The lowest BCUT2D eigenvalue weighted by molar-refractivity contribution is -0.0546. The van der Waals surface area contributed by atoms with Gasteiger partial charge >= 0.3 is 6.61 Å². The van der Waals surface area contributed by atoms with E-state index in [1.54, 1.807) is 12.1 Å². The number of hydrogen-bond donors (Lipinski definition) is 0. The Morgan fingerprint density at radius 2 is 1.50 bits per heavy atom. The summed E-state index contributed by atoms with van der Waals surface area (Å²) in [7, 11) is 0. The van der Waals surface area contributed by atoms with E-state index in [0.29, 0.717) is 10.8 Å². The minimum absolute atomic E-state index is 0.00881. The van der Waals surface area contributed by atoms with Crippen molar-refractivity contribution in [1.29, 1.82) is 0 Å². The average Bonchev–Trinajstić information content (AvgIpc) is 2.81. The third kappa shape index (κ3) is 5.53. The fraction of sp³-hybridized carbons (Fsp3) is 0.429. The van der Waals surface area contributed by atoms with Gasteiger partial charge in [-0.2, -0.15) is 8.78 Å². The van der Waals surface area contributed by atoms with Crippen LogP contribution in [0.2, 0.25) is 0 Å². The number of fused-ring (bicyclic) bond motifs is 1. The lowest BCUT2D eigenvalue weighted by Gasteiger charge is -2.28. The highest BCUT2D eigenvalue weighted by atomic mass is 19.3. The topological polar surface area (TPSA) is 9.23 Å². The first-order valence-electron chi connectivity index (χ1n) is 12.0. The Balaban J connectivity index is 1.49. The van der Waals surface area contributed by atoms with E-state index in [4.69, 9.17) is 0 Å². The maximum atomic E-state index is 15.2. The highest BCUT2D eigenvalue weighted by Gasteiger charge is 2.21. The maximum absolute atomic E-state index is 15.2. The van der Waals surface area contributed by atoms with E-state index < -0.39 is 29.8 Å². The molecular formula is C28H29F5O. The Bertz CT molecular complexity index is 1110. The summed E-state index contributed by atoms with van der Waals surface area (Å²) in [6.45, 7) is -1.12. The van der Waals surface area contributed by atoms with Gasteiger partial charge in [-0.1, -0.05) is 75.8 Å². The number of ether oxygens (including phenoxy) is 1. The van der Waals surface area contributed by atoms with Crippen LogP contribution in [0.4, 0.5) is 22.0 Å². The summed E-state index contributed by atoms with van der Waals surface area (Å²) in [5, 5.41) is 1.05. The third-order valence-corrected chi connectivity index (χ3v) is 7.04. The number of halogens is 5. The molecule has 0 N–H and O–H groups in total. The van der Waals surface area contributed by atoms with Gasteiger partial charge in [-0.3, -0.25) is 0 Å². The predicted octanol–water partition coefficient (Wildman–Crippen LogP) is 9.06. The van der Waals surface area contributed by atoms with E-state index in [2.05, 4.69) is 11.7 Å². The summed E-state index contributed by atoms with van der Waals surface area (Å²) in [5.41, 5.74) is 1.05. The van der Waals surface area contributed by atoms with E-state index in [1.165, 1.54) is 44.6 Å². The molecule has 3 aromatic rings. The summed E-state index contributed by atoms with van der Waals surface area (Å²) in [6.07, 6.45) is 9.85. The number of benzene rings is 3. The van der Waals surface area contributed by atoms with Crippen molar-refractivity contribution < 1.29 is 26.7 Å². The van der Waals surface area contributed by atoms with Crippen molar-refractivity contribution in [2.45, 2.75) is 64.9 Å². The van der Waals surface area contributed by atoms with Crippen molar-refractivity contribution in [3.05, 3.63) is 65.5 Å². The molecule has 0 saturated heterocycles. The quantitative estimate of drug-likeness (QED) is 0.295. The van der Waals surface area contributed by atoms with Crippen molar-refractivity contribution in [3.63, 3.8) is 0 Å². The molecule has 1 fully saturated rings. The molecule has 1 aliphatic carbocycles. The van der Waals surface area contributed by atoms with Crippen LogP contribution in [0.5, 0.6) is 5.75 Å². The predicted molar refractivity (Wildman–Crippen MR) is 125 cm³/mol. The number of alkyl halides is 2. The monoisotopic (exact) mass is 476 g/mol. The normalized spacial score (nSPS) is 18.6. The van der Waals surface area contributed by atoms with Gasteiger partial charge in [0.25, 0.3) is 0 Å². The molecule has 0 atom stereocenters. The van der Waals surface area contributed by atoms with Gasteiger partial charge in [-0.05, 0) is 53.3 Å². The molecule has 0 amide bonds.